The monoisotopic (exact) mass is 548 g/mol. The second-order valence-corrected chi connectivity index (χ2v) is 7.37. The zero-order chi connectivity index (χ0) is 21.4. The summed E-state index contributed by atoms with van der Waals surface area (Å²) in [5.41, 5.74) is 1.25. The Morgan fingerprint density at radius 1 is 1.10 bits per heavy atom. The average Bonchev–Trinajstić information content (AvgIpc) is 2.77. The molecule has 31 heavy (non-hydrogen) atoms. The van der Waals surface area contributed by atoms with Crippen LogP contribution in [0.25, 0.3) is 0 Å². The van der Waals surface area contributed by atoms with Crippen molar-refractivity contribution >= 4 is 29.9 Å². The molecule has 0 aromatic heterocycles. The van der Waals surface area contributed by atoms with Crippen LogP contribution in [0, 0.1) is 0 Å². The molecule has 1 aromatic carbocycles. The van der Waals surface area contributed by atoms with Crippen LogP contribution in [0.15, 0.2) is 23.2 Å². The third-order valence-corrected chi connectivity index (χ3v) is 5.06. The fraction of sp³-hybridized carbons (Fsp3) is 0.696. The van der Waals surface area contributed by atoms with E-state index in [0.29, 0.717) is 6.61 Å². The Morgan fingerprint density at radius 3 is 2.61 bits per heavy atom. The number of morpholine rings is 1. The number of rotatable bonds is 13. The molecule has 2 rings (SSSR count). The van der Waals surface area contributed by atoms with Gasteiger partial charge in [-0.2, -0.15) is 0 Å². The van der Waals surface area contributed by atoms with Gasteiger partial charge in [0.1, 0.15) is 0 Å². The third kappa shape index (κ3) is 11.2. The van der Waals surface area contributed by atoms with Crippen LogP contribution in [-0.2, 0) is 11.2 Å². The lowest BCUT2D eigenvalue weighted by Gasteiger charge is -2.26. The van der Waals surface area contributed by atoms with Crippen molar-refractivity contribution in [1.29, 1.82) is 0 Å². The smallest absolute Gasteiger partial charge is 0.191 e. The minimum Gasteiger partial charge on any atom is -0.493 e. The minimum atomic E-state index is 0. The summed E-state index contributed by atoms with van der Waals surface area (Å²) in [7, 11) is 1.67. The highest BCUT2D eigenvalue weighted by Crippen LogP contribution is 2.28. The van der Waals surface area contributed by atoms with Gasteiger partial charge in [-0.25, -0.2) is 0 Å². The molecule has 7 nitrogen and oxygen atoms in total. The molecule has 0 atom stereocenters. The van der Waals surface area contributed by atoms with Crippen LogP contribution >= 0.6 is 24.0 Å². The zero-order valence-corrected chi connectivity index (χ0v) is 21.8. The predicted octanol–water partition coefficient (Wildman–Crippen LogP) is 3.31. The molecule has 0 spiro atoms. The van der Waals surface area contributed by atoms with Crippen LogP contribution in [0.1, 0.15) is 38.7 Å². The van der Waals surface area contributed by atoms with Crippen LogP contribution in [0.5, 0.6) is 11.5 Å². The van der Waals surface area contributed by atoms with Gasteiger partial charge in [0.2, 0.25) is 0 Å². The molecule has 1 heterocycles. The molecule has 2 N–H and O–H groups in total. The highest BCUT2D eigenvalue weighted by atomic mass is 127. The highest BCUT2D eigenvalue weighted by molar-refractivity contribution is 14.0. The van der Waals surface area contributed by atoms with E-state index in [-0.39, 0.29) is 24.0 Å². The van der Waals surface area contributed by atoms with E-state index in [1.54, 1.807) is 7.11 Å². The van der Waals surface area contributed by atoms with Crippen molar-refractivity contribution in [2.45, 2.75) is 39.5 Å². The maximum atomic E-state index is 5.67. The Bertz CT molecular complexity index is 625. The van der Waals surface area contributed by atoms with Gasteiger partial charge in [-0.05, 0) is 63.8 Å². The first-order valence-electron chi connectivity index (χ1n) is 11.4. The van der Waals surface area contributed by atoms with E-state index in [4.69, 9.17) is 19.2 Å². The van der Waals surface area contributed by atoms with Gasteiger partial charge in [-0.1, -0.05) is 6.07 Å². The van der Waals surface area contributed by atoms with E-state index in [2.05, 4.69) is 34.6 Å². The number of ether oxygens (including phenoxy) is 3. The lowest BCUT2D eigenvalue weighted by atomic mass is 10.1. The molecule has 0 saturated carbocycles. The molecule has 1 aromatic rings. The summed E-state index contributed by atoms with van der Waals surface area (Å²) in [4.78, 5) is 7.21. The summed E-state index contributed by atoms with van der Waals surface area (Å²) in [6, 6.07) is 6.15. The number of aliphatic imine (C=N–C) groups is 1. The molecule has 0 radical (unpaired) electrons. The number of hydrogen-bond acceptors (Lipinski definition) is 5. The summed E-state index contributed by atoms with van der Waals surface area (Å²) in [6.45, 7) is 12.4. The second-order valence-electron chi connectivity index (χ2n) is 7.37. The van der Waals surface area contributed by atoms with Gasteiger partial charge in [-0.15, -0.1) is 24.0 Å². The van der Waals surface area contributed by atoms with E-state index < -0.39 is 0 Å². The number of nitrogens with one attached hydrogen (secondary N) is 2. The molecular weight excluding hydrogens is 507 g/mol. The van der Waals surface area contributed by atoms with Gasteiger partial charge in [0.15, 0.2) is 17.5 Å². The van der Waals surface area contributed by atoms with E-state index in [1.165, 1.54) is 12.0 Å². The summed E-state index contributed by atoms with van der Waals surface area (Å²) in [5, 5.41) is 6.80. The van der Waals surface area contributed by atoms with Crippen molar-refractivity contribution in [3.05, 3.63) is 23.8 Å². The first kappa shape index (κ1) is 27.8. The lowest BCUT2D eigenvalue weighted by molar-refractivity contribution is 0.0372. The van der Waals surface area contributed by atoms with Gasteiger partial charge < -0.3 is 24.8 Å². The lowest BCUT2D eigenvalue weighted by Crippen LogP contribution is -2.39. The van der Waals surface area contributed by atoms with Gasteiger partial charge in [0.25, 0.3) is 0 Å². The van der Waals surface area contributed by atoms with Gasteiger partial charge in [0, 0.05) is 32.7 Å². The topological polar surface area (TPSA) is 67.4 Å². The predicted molar refractivity (Wildman–Crippen MR) is 138 cm³/mol. The van der Waals surface area contributed by atoms with Gasteiger partial charge in [-0.3, -0.25) is 9.89 Å². The number of benzene rings is 1. The molecule has 0 amide bonds. The molecule has 0 bridgehead atoms. The number of hydrogen-bond donors (Lipinski definition) is 2. The van der Waals surface area contributed by atoms with E-state index >= 15 is 0 Å². The molecule has 178 valence electrons. The summed E-state index contributed by atoms with van der Waals surface area (Å²) < 4.78 is 16.4. The highest BCUT2D eigenvalue weighted by Gasteiger charge is 2.09. The molecule has 1 saturated heterocycles. The van der Waals surface area contributed by atoms with Gasteiger partial charge in [0.05, 0.1) is 26.9 Å². The zero-order valence-electron chi connectivity index (χ0n) is 19.5. The van der Waals surface area contributed by atoms with E-state index in [1.807, 2.05) is 13.0 Å². The molecule has 1 aliphatic rings. The fourth-order valence-corrected chi connectivity index (χ4v) is 3.45. The van der Waals surface area contributed by atoms with Crippen molar-refractivity contribution in [2.75, 3.05) is 66.2 Å². The van der Waals surface area contributed by atoms with Crippen molar-refractivity contribution in [1.82, 2.24) is 15.5 Å². The van der Waals surface area contributed by atoms with Crippen molar-refractivity contribution in [2.24, 2.45) is 4.99 Å². The number of nitrogens with zero attached hydrogens (tertiary/aromatic N) is 2. The maximum absolute atomic E-state index is 5.67. The quantitative estimate of drug-likeness (QED) is 0.171. The normalized spacial score (nSPS) is 14.6. The summed E-state index contributed by atoms with van der Waals surface area (Å²) in [5.74, 6) is 2.51. The number of aryl methyl sites for hydroxylation is 1. The first-order chi connectivity index (χ1) is 14.8. The van der Waals surface area contributed by atoms with E-state index in [0.717, 1.165) is 89.2 Å². The Hall–Kier alpha value is -1.26. The summed E-state index contributed by atoms with van der Waals surface area (Å²) >= 11 is 0. The van der Waals surface area contributed by atoms with Crippen molar-refractivity contribution in [3.8, 4) is 11.5 Å². The molecule has 8 heteroatoms. The number of halogens is 1. The molecular formula is C23H41IN4O3. The maximum Gasteiger partial charge on any atom is 0.191 e. The van der Waals surface area contributed by atoms with Crippen LogP contribution in [0.3, 0.4) is 0 Å². The van der Waals surface area contributed by atoms with Crippen LogP contribution in [-0.4, -0.2) is 77.1 Å². The van der Waals surface area contributed by atoms with Crippen LogP contribution in [0.2, 0.25) is 0 Å². The number of unbranched alkanes of at least 4 members (excludes halogenated alkanes) is 1. The van der Waals surface area contributed by atoms with Crippen LogP contribution in [0.4, 0.5) is 0 Å². The largest absolute Gasteiger partial charge is 0.493 e. The average molecular weight is 549 g/mol. The minimum absolute atomic E-state index is 0. The summed E-state index contributed by atoms with van der Waals surface area (Å²) in [6.07, 6.45) is 4.30. The molecule has 0 unspecified atom stereocenters. The Balaban J connectivity index is 0.00000480. The standard InChI is InChI=1S/C23H40N4O3.HI/c1-4-24-23(25-12-6-7-14-27-15-17-29-18-16-27)26-13-8-9-20-10-11-21(28-3)22(19-20)30-5-2;/h10-11,19H,4-9,12-18H2,1-3H3,(H2,24,25,26);1H. The Kier molecular flexibility index (Phi) is 15.5. The van der Waals surface area contributed by atoms with E-state index in [9.17, 15) is 0 Å². The second kappa shape index (κ2) is 17.3. The third-order valence-electron chi connectivity index (χ3n) is 5.06. The molecule has 0 aliphatic carbocycles. The van der Waals surface area contributed by atoms with Gasteiger partial charge >= 0.3 is 0 Å². The Labute approximate surface area is 205 Å². The fourth-order valence-electron chi connectivity index (χ4n) is 3.45. The Morgan fingerprint density at radius 2 is 1.90 bits per heavy atom. The molecule has 1 aliphatic heterocycles. The SMILES string of the molecule is CCNC(=NCCCc1ccc(OC)c(OCC)c1)NCCCCN1CCOCC1.I. The van der Waals surface area contributed by atoms with Crippen molar-refractivity contribution in [3.63, 3.8) is 0 Å². The molecule has 1 fully saturated rings. The first-order valence-corrected chi connectivity index (χ1v) is 11.4. The van der Waals surface area contributed by atoms with Crippen molar-refractivity contribution < 1.29 is 14.2 Å². The van der Waals surface area contributed by atoms with Crippen LogP contribution < -0.4 is 20.1 Å². The number of guanidine groups is 1. The number of methoxy groups -OCH3 is 1.